The van der Waals surface area contributed by atoms with Gasteiger partial charge in [0.25, 0.3) is 0 Å². The Kier molecular flexibility index (Phi) is 3.64. The first-order chi connectivity index (χ1) is 9.79. The van der Waals surface area contributed by atoms with Gasteiger partial charge in [0.2, 0.25) is 0 Å². The molecule has 0 radical (unpaired) electrons. The van der Waals surface area contributed by atoms with Gasteiger partial charge in [-0.25, -0.2) is 0 Å². The van der Waals surface area contributed by atoms with E-state index in [4.69, 9.17) is 0 Å². The lowest BCUT2D eigenvalue weighted by Crippen LogP contribution is -2.17. The summed E-state index contributed by atoms with van der Waals surface area (Å²) in [6.45, 7) is 3.27. The maximum Gasteiger partial charge on any atom is 0.0646 e. The Morgan fingerprint density at radius 2 is 1.90 bits per heavy atom. The highest BCUT2D eigenvalue weighted by Crippen LogP contribution is 2.35. The highest BCUT2D eigenvalue weighted by molar-refractivity contribution is 5.79. The number of fused-ring (bicyclic) bond motifs is 1. The number of nitrogens with one attached hydrogen (secondary N) is 1. The van der Waals surface area contributed by atoms with Crippen molar-refractivity contribution in [2.75, 3.05) is 23.8 Å². The van der Waals surface area contributed by atoms with Gasteiger partial charge in [-0.15, -0.1) is 0 Å². The molecule has 1 aliphatic heterocycles. The molecule has 2 aromatic rings. The molecule has 2 nitrogen and oxygen atoms in total. The van der Waals surface area contributed by atoms with E-state index in [0.29, 0.717) is 0 Å². The summed E-state index contributed by atoms with van der Waals surface area (Å²) in [7, 11) is 2.15. The van der Waals surface area contributed by atoms with Gasteiger partial charge in [0.15, 0.2) is 0 Å². The SMILES string of the molecule is CCc1ccc(N(C)c2cccc3c2NCCC3)cc1. The molecule has 0 aliphatic carbocycles. The third-order valence-corrected chi connectivity index (χ3v) is 4.15. The summed E-state index contributed by atoms with van der Waals surface area (Å²) in [6.07, 6.45) is 3.50. The van der Waals surface area contributed by atoms with E-state index < -0.39 is 0 Å². The zero-order valence-electron chi connectivity index (χ0n) is 12.3. The Bertz CT molecular complexity index is 587. The normalized spacial score (nSPS) is 13.5. The maximum atomic E-state index is 3.56. The standard InChI is InChI=1S/C18H22N2/c1-3-14-9-11-16(12-10-14)20(2)17-8-4-6-15-7-5-13-19-18(15)17/h4,6,8-12,19H,3,5,7,13H2,1-2H3. The summed E-state index contributed by atoms with van der Waals surface area (Å²) in [5.74, 6) is 0. The van der Waals surface area contributed by atoms with E-state index in [9.17, 15) is 0 Å². The highest BCUT2D eigenvalue weighted by atomic mass is 15.1. The Hall–Kier alpha value is -1.96. The summed E-state index contributed by atoms with van der Waals surface area (Å²) < 4.78 is 0. The molecular formula is C18H22N2. The van der Waals surface area contributed by atoms with E-state index in [1.165, 1.54) is 41.0 Å². The second-order valence-corrected chi connectivity index (χ2v) is 5.42. The predicted molar refractivity (Wildman–Crippen MR) is 87.1 cm³/mol. The van der Waals surface area contributed by atoms with E-state index in [-0.39, 0.29) is 0 Å². The Morgan fingerprint density at radius 3 is 2.65 bits per heavy atom. The molecule has 104 valence electrons. The van der Waals surface area contributed by atoms with Crippen molar-refractivity contribution >= 4 is 17.1 Å². The highest BCUT2D eigenvalue weighted by Gasteiger charge is 2.15. The van der Waals surface area contributed by atoms with Gasteiger partial charge in [-0.1, -0.05) is 31.2 Å². The molecule has 1 aliphatic rings. The van der Waals surface area contributed by atoms with Crippen molar-refractivity contribution in [1.82, 2.24) is 0 Å². The van der Waals surface area contributed by atoms with Crippen LogP contribution in [-0.4, -0.2) is 13.6 Å². The number of anilines is 3. The first kappa shape index (κ1) is 13.0. The minimum absolute atomic E-state index is 1.08. The van der Waals surface area contributed by atoms with Crippen molar-refractivity contribution in [2.24, 2.45) is 0 Å². The molecule has 0 fully saturated rings. The van der Waals surface area contributed by atoms with Crippen molar-refractivity contribution in [3.05, 3.63) is 53.6 Å². The van der Waals surface area contributed by atoms with Crippen LogP contribution in [0.1, 0.15) is 24.5 Å². The molecule has 0 bridgehead atoms. The van der Waals surface area contributed by atoms with Gasteiger partial charge in [0.1, 0.15) is 0 Å². The molecule has 0 saturated heterocycles. The van der Waals surface area contributed by atoms with Crippen LogP contribution in [0.15, 0.2) is 42.5 Å². The zero-order valence-corrected chi connectivity index (χ0v) is 12.3. The molecule has 0 atom stereocenters. The minimum atomic E-state index is 1.08. The van der Waals surface area contributed by atoms with Crippen LogP contribution in [0.5, 0.6) is 0 Å². The Labute approximate surface area is 121 Å². The van der Waals surface area contributed by atoms with Crippen molar-refractivity contribution in [3.8, 4) is 0 Å². The van der Waals surface area contributed by atoms with Crippen LogP contribution >= 0.6 is 0 Å². The number of aryl methyl sites for hydroxylation is 2. The number of rotatable bonds is 3. The van der Waals surface area contributed by atoms with Gasteiger partial charge < -0.3 is 10.2 Å². The lowest BCUT2D eigenvalue weighted by Gasteiger charge is -2.27. The molecule has 0 unspecified atom stereocenters. The quantitative estimate of drug-likeness (QED) is 0.887. The molecule has 2 heteroatoms. The fraction of sp³-hybridized carbons (Fsp3) is 0.333. The average Bonchev–Trinajstić information content (AvgIpc) is 2.54. The second kappa shape index (κ2) is 5.58. The summed E-state index contributed by atoms with van der Waals surface area (Å²) in [4.78, 5) is 2.27. The van der Waals surface area contributed by atoms with Crippen LogP contribution in [0, 0.1) is 0 Å². The van der Waals surface area contributed by atoms with Crippen LogP contribution in [-0.2, 0) is 12.8 Å². The fourth-order valence-corrected chi connectivity index (χ4v) is 2.87. The number of para-hydroxylation sites is 1. The third kappa shape index (κ3) is 2.38. The van der Waals surface area contributed by atoms with E-state index in [1.54, 1.807) is 0 Å². The molecule has 0 amide bonds. The predicted octanol–water partition coefficient (Wildman–Crippen LogP) is 4.38. The monoisotopic (exact) mass is 266 g/mol. The van der Waals surface area contributed by atoms with Crippen LogP contribution in [0.2, 0.25) is 0 Å². The second-order valence-electron chi connectivity index (χ2n) is 5.42. The molecule has 0 spiro atoms. The largest absolute Gasteiger partial charge is 0.383 e. The van der Waals surface area contributed by atoms with Gasteiger partial charge in [-0.2, -0.15) is 0 Å². The van der Waals surface area contributed by atoms with E-state index in [0.717, 1.165) is 13.0 Å². The lowest BCUT2D eigenvalue weighted by atomic mass is 10.0. The lowest BCUT2D eigenvalue weighted by molar-refractivity contribution is 0.829. The Morgan fingerprint density at radius 1 is 1.10 bits per heavy atom. The van der Waals surface area contributed by atoms with Crippen LogP contribution in [0.25, 0.3) is 0 Å². The smallest absolute Gasteiger partial charge is 0.0646 e. The van der Waals surface area contributed by atoms with Crippen molar-refractivity contribution < 1.29 is 0 Å². The van der Waals surface area contributed by atoms with Crippen LogP contribution < -0.4 is 10.2 Å². The molecule has 1 heterocycles. The maximum absolute atomic E-state index is 3.56. The van der Waals surface area contributed by atoms with Crippen LogP contribution in [0.4, 0.5) is 17.1 Å². The number of hydrogen-bond donors (Lipinski definition) is 1. The first-order valence-corrected chi connectivity index (χ1v) is 7.48. The minimum Gasteiger partial charge on any atom is -0.383 e. The molecular weight excluding hydrogens is 244 g/mol. The van der Waals surface area contributed by atoms with Gasteiger partial charge in [0, 0.05) is 19.3 Å². The van der Waals surface area contributed by atoms with E-state index in [2.05, 4.69) is 66.7 Å². The molecule has 1 N–H and O–H groups in total. The number of nitrogens with zero attached hydrogens (tertiary/aromatic N) is 1. The summed E-state index contributed by atoms with van der Waals surface area (Å²) in [6, 6.07) is 15.5. The molecule has 2 aromatic carbocycles. The molecule has 3 rings (SSSR count). The van der Waals surface area contributed by atoms with Crippen molar-refractivity contribution in [3.63, 3.8) is 0 Å². The van der Waals surface area contributed by atoms with E-state index in [1.807, 2.05) is 0 Å². The third-order valence-electron chi connectivity index (χ3n) is 4.15. The Balaban J connectivity index is 1.95. The zero-order chi connectivity index (χ0) is 13.9. The summed E-state index contributed by atoms with van der Waals surface area (Å²) in [5, 5.41) is 3.56. The summed E-state index contributed by atoms with van der Waals surface area (Å²) >= 11 is 0. The molecule has 0 saturated carbocycles. The fourth-order valence-electron chi connectivity index (χ4n) is 2.87. The average molecular weight is 266 g/mol. The summed E-state index contributed by atoms with van der Waals surface area (Å²) in [5.41, 5.74) is 6.64. The van der Waals surface area contributed by atoms with Crippen molar-refractivity contribution in [2.45, 2.75) is 26.2 Å². The molecule has 0 aromatic heterocycles. The van der Waals surface area contributed by atoms with Crippen molar-refractivity contribution in [1.29, 1.82) is 0 Å². The number of benzene rings is 2. The van der Waals surface area contributed by atoms with Gasteiger partial charge in [0.05, 0.1) is 11.4 Å². The molecule has 20 heavy (non-hydrogen) atoms. The van der Waals surface area contributed by atoms with E-state index >= 15 is 0 Å². The van der Waals surface area contributed by atoms with Crippen LogP contribution in [0.3, 0.4) is 0 Å². The topological polar surface area (TPSA) is 15.3 Å². The first-order valence-electron chi connectivity index (χ1n) is 7.48. The number of hydrogen-bond acceptors (Lipinski definition) is 2. The van der Waals surface area contributed by atoms with Gasteiger partial charge >= 0.3 is 0 Å². The van der Waals surface area contributed by atoms with Gasteiger partial charge in [-0.3, -0.25) is 0 Å². The van der Waals surface area contributed by atoms with Gasteiger partial charge in [-0.05, 0) is 48.6 Å².